The van der Waals surface area contributed by atoms with Crippen molar-refractivity contribution in [1.29, 1.82) is 0 Å². The van der Waals surface area contributed by atoms with Crippen LogP contribution in [0.2, 0.25) is 0 Å². The molecule has 4 nitrogen and oxygen atoms in total. The summed E-state index contributed by atoms with van der Waals surface area (Å²) < 4.78 is 5.59. The molecule has 0 aliphatic rings. The molecule has 0 unspecified atom stereocenters. The average Bonchev–Trinajstić information content (AvgIpc) is 2.34. The summed E-state index contributed by atoms with van der Waals surface area (Å²) in [5, 5.41) is 9.02. The zero-order valence-corrected chi connectivity index (χ0v) is 10.2. The molecule has 18 heavy (non-hydrogen) atoms. The van der Waals surface area contributed by atoms with Crippen molar-refractivity contribution in [3.05, 3.63) is 53.3 Å². The molecule has 1 aromatic carbocycles. The van der Waals surface area contributed by atoms with Crippen LogP contribution in [0.15, 0.2) is 36.7 Å². The highest BCUT2D eigenvalue weighted by molar-refractivity contribution is 5.90. The zero-order chi connectivity index (χ0) is 13.1. The molecule has 0 fully saturated rings. The Labute approximate surface area is 105 Å². The minimum absolute atomic E-state index is 0.0516. The molecule has 2 aromatic rings. The van der Waals surface area contributed by atoms with Gasteiger partial charge < -0.3 is 9.84 Å². The van der Waals surface area contributed by atoms with E-state index in [-0.39, 0.29) is 5.56 Å². The van der Waals surface area contributed by atoms with Gasteiger partial charge in [0.15, 0.2) is 0 Å². The van der Waals surface area contributed by atoms with E-state index >= 15 is 0 Å². The maximum absolute atomic E-state index is 11.0. The van der Waals surface area contributed by atoms with Crippen molar-refractivity contribution in [1.82, 2.24) is 4.98 Å². The van der Waals surface area contributed by atoms with Crippen molar-refractivity contribution in [2.45, 2.75) is 13.8 Å². The van der Waals surface area contributed by atoms with E-state index in [0.717, 1.165) is 11.1 Å². The molecular weight excluding hydrogens is 230 g/mol. The number of carboxylic acid groups (broad SMARTS) is 1. The van der Waals surface area contributed by atoms with Gasteiger partial charge >= 0.3 is 5.97 Å². The Hall–Kier alpha value is -2.36. The van der Waals surface area contributed by atoms with E-state index in [9.17, 15) is 4.79 Å². The van der Waals surface area contributed by atoms with Crippen LogP contribution < -0.4 is 4.74 Å². The fourth-order valence-electron chi connectivity index (χ4n) is 1.54. The van der Waals surface area contributed by atoms with E-state index in [2.05, 4.69) is 4.98 Å². The number of benzene rings is 1. The van der Waals surface area contributed by atoms with Crippen LogP contribution in [0.5, 0.6) is 11.5 Å². The summed E-state index contributed by atoms with van der Waals surface area (Å²) in [7, 11) is 0. The number of hydrogen-bond acceptors (Lipinski definition) is 3. The third kappa shape index (κ3) is 2.48. The van der Waals surface area contributed by atoms with Gasteiger partial charge in [-0.3, -0.25) is 4.98 Å². The molecule has 0 amide bonds. The van der Waals surface area contributed by atoms with Crippen molar-refractivity contribution < 1.29 is 14.6 Å². The van der Waals surface area contributed by atoms with Crippen LogP contribution in [0.4, 0.5) is 0 Å². The molecule has 0 spiro atoms. The first-order chi connectivity index (χ1) is 8.58. The Morgan fingerprint density at radius 1 is 1.22 bits per heavy atom. The van der Waals surface area contributed by atoms with Crippen LogP contribution in [-0.2, 0) is 0 Å². The molecule has 0 aliphatic carbocycles. The predicted octanol–water partition coefficient (Wildman–Crippen LogP) is 3.19. The van der Waals surface area contributed by atoms with Gasteiger partial charge in [-0.15, -0.1) is 0 Å². The number of ether oxygens (including phenoxy) is 1. The van der Waals surface area contributed by atoms with E-state index in [1.807, 2.05) is 32.0 Å². The van der Waals surface area contributed by atoms with Gasteiger partial charge in [0.05, 0.1) is 0 Å². The summed E-state index contributed by atoms with van der Waals surface area (Å²) in [6, 6.07) is 7.17. The second kappa shape index (κ2) is 4.87. The zero-order valence-electron chi connectivity index (χ0n) is 10.2. The number of rotatable bonds is 3. The molecule has 1 aromatic heterocycles. The van der Waals surface area contributed by atoms with Gasteiger partial charge in [-0.25, -0.2) is 4.79 Å². The normalized spacial score (nSPS) is 10.1. The van der Waals surface area contributed by atoms with Gasteiger partial charge in [0.2, 0.25) is 0 Å². The summed E-state index contributed by atoms with van der Waals surface area (Å²) in [5.74, 6) is -0.144. The number of aromatic carboxylic acids is 1. The molecule has 1 N–H and O–H groups in total. The largest absolute Gasteiger partial charge is 0.477 e. The molecule has 0 atom stereocenters. The fourth-order valence-corrected chi connectivity index (χ4v) is 1.54. The topological polar surface area (TPSA) is 59.4 Å². The standard InChI is InChI=1S/C14H13NO3/c1-9-3-4-11(7-10(9)2)18-13-5-6-15-8-12(13)14(16)17/h3-8H,1-2H3,(H,16,17). The van der Waals surface area contributed by atoms with Crippen LogP contribution in [0.25, 0.3) is 0 Å². The maximum atomic E-state index is 11.0. The molecular formula is C14H13NO3. The second-order valence-electron chi connectivity index (χ2n) is 4.03. The van der Waals surface area contributed by atoms with Gasteiger partial charge in [-0.05, 0) is 37.1 Å². The van der Waals surface area contributed by atoms with E-state index in [0.29, 0.717) is 11.5 Å². The Kier molecular flexibility index (Phi) is 3.28. The van der Waals surface area contributed by atoms with E-state index in [4.69, 9.17) is 9.84 Å². The van der Waals surface area contributed by atoms with Gasteiger partial charge in [-0.2, -0.15) is 0 Å². The molecule has 1 heterocycles. The monoisotopic (exact) mass is 243 g/mol. The van der Waals surface area contributed by atoms with Crippen molar-refractivity contribution >= 4 is 5.97 Å². The van der Waals surface area contributed by atoms with Crippen LogP contribution >= 0.6 is 0 Å². The molecule has 92 valence electrons. The molecule has 2 rings (SSSR count). The van der Waals surface area contributed by atoms with Crippen molar-refractivity contribution in [2.24, 2.45) is 0 Å². The van der Waals surface area contributed by atoms with E-state index in [1.54, 1.807) is 6.07 Å². The molecule has 4 heteroatoms. The lowest BCUT2D eigenvalue weighted by Crippen LogP contribution is -2.00. The average molecular weight is 243 g/mol. The number of aryl methyl sites for hydroxylation is 2. The molecule has 0 saturated heterocycles. The summed E-state index contributed by atoms with van der Waals surface area (Å²) in [6.07, 6.45) is 2.78. The summed E-state index contributed by atoms with van der Waals surface area (Å²) >= 11 is 0. The number of carbonyl (C=O) groups is 1. The van der Waals surface area contributed by atoms with Crippen LogP contribution in [0.1, 0.15) is 21.5 Å². The Morgan fingerprint density at radius 2 is 2.00 bits per heavy atom. The smallest absolute Gasteiger partial charge is 0.341 e. The minimum atomic E-state index is -1.05. The first-order valence-corrected chi connectivity index (χ1v) is 5.50. The fraction of sp³-hybridized carbons (Fsp3) is 0.143. The summed E-state index contributed by atoms with van der Waals surface area (Å²) in [5.41, 5.74) is 2.31. The first kappa shape index (κ1) is 12.1. The SMILES string of the molecule is Cc1ccc(Oc2ccncc2C(=O)O)cc1C. The van der Waals surface area contributed by atoms with E-state index < -0.39 is 5.97 Å². The Bertz CT molecular complexity index is 593. The molecule has 0 bridgehead atoms. The number of hydrogen-bond donors (Lipinski definition) is 1. The number of aromatic nitrogens is 1. The third-order valence-electron chi connectivity index (χ3n) is 2.72. The minimum Gasteiger partial charge on any atom is -0.477 e. The summed E-state index contributed by atoms with van der Waals surface area (Å²) in [4.78, 5) is 14.8. The first-order valence-electron chi connectivity index (χ1n) is 5.50. The number of pyridine rings is 1. The molecule has 0 aliphatic heterocycles. The Morgan fingerprint density at radius 3 is 2.67 bits per heavy atom. The molecule has 0 radical (unpaired) electrons. The third-order valence-corrected chi connectivity index (χ3v) is 2.72. The van der Waals surface area contributed by atoms with Crippen LogP contribution in [-0.4, -0.2) is 16.1 Å². The highest BCUT2D eigenvalue weighted by Gasteiger charge is 2.11. The second-order valence-corrected chi connectivity index (χ2v) is 4.03. The lowest BCUT2D eigenvalue weighted by atomic mass is 10.1. The number of nitrogens with zero attached hydrogens (tertiary/aromatic N) is 1. The summed E-state index contributed by atoms with van der Waals surface area (Å²) in [6.45, 7) is 3.99. The van der Waals surface area contributed by atoms with Gasteiger partial charge in [0, 0.05) is 18.5 Å². The van der Waals surface area contributed by atoms with Crippen molar-refractivity contribution in [3.63, 3.8) is 0 Å². The highest BCUT2D eigenvalue weighted by atomic mass is 16.5. The molecule has 0 saturated carbocycles. The number of carboxylic acids is 1. The lowest BCUT2D eigenvalue weighted by molar-refractivity contribution is 0.0693. The van der Waals surface area contributed by atoms with Crippen molar-refractivity contribution in [2.75, 3.05) is 0 Å². The highest BCUT2D eigenvalue weighted by Crippen LogP contribution is 2.26. The van der Waals surface area contributed by atoms with Crippen LogP contribution in [0.3, 0.4) is 0 Å². The van der Waals surface area contributed by atoms with E-state index in [1.165, 1.54) is 12.4 Å². The maximum Gasteiger partial charge on any atom is 0.341 e. The van der Waals surface area contributed by atoms with Gasteiger partial charge in [0.25, 0.3) is 0 Å². The predicted molar refractivity (Wildman–Crippen MR) is 67.2 cm³/mol. The Balaban J connectivity index is 2.34. The van der Waals surface area contributed by atoms with Crippen LogP contribution in [0, 0.1) is 13.8 Å². The van der Waals surface area contributed by atoms with Gasteiger partial charge in [-0.1, -0.05) is 6.07 Å². The lowest BCUT2D eigenvalue weighted by Gasteiger charge is -2.09. The van der Waals surface area contributed by atoms with Gasteiger partial charge in [0.1, 0.15) is 17.1 Å². The van der Waals surface area contributed by atoms with Crippen molar-refractivity contribution in [3.8, 4) is 11.5 Å². The quantitative estimate of drug-likeness (QED) is 0.899.